The number of hydrogen-bond acceptors (Lipinski definition) is 5. The topological polar surface area (TPSA) is 105 Å². The van der Waals surface area contributed by atoms with Crippen LogP contribution < -0.4 is 10.6 Å². The standard InChI is InChI=1S/C32H32FN3O5S.C2H2/c1-21(23-12-10-22(11-13-23)20-35-31(37)25-8-6-5-7-9-25)29(36(3)42(4,39)40)19-27-18-28(32(38)34-2)30(41-27)24-14-16-26(33)17-15-24;1-2/h5-17,19H,18,20H2,1-4H3,(H,34,38)(H,35,37);1-2H/b27-19+,29-21-;. The van der Waals surface area contributed by atoms with Crippen LogP contribution in [0.15, 0.2) is 102 Å². The van der Waals surface area contributed by atoms with E-state index in [1.54, 1.807) is 37.3 Å². The van der Waals surface area contributed by atoms with Crippen LogP contribution in [0.1, 0.15) is 40.4 Å². The van der Waals surface area contributed by atoms with Gasteiger partial charge in [0, 0.05) is 44.3 Å². The molecule has 228 valence electrons. The predicted octanol–water partition coefficient (Wildman–Crippen LogP) is 5.09. The van der Waals surface area contributed by atoms with Crippen LogP contribution in [0.2, 0.25) is 0 Å². The molecular formula is C34H34FN3O5S. The van der Waals surface area contributed by atoms with Crippen molar-refractivity contribution in [1.29, 1.82) is 0 Å². The molecule has 8 nitrogen and oxygen atoms in total. The van der Waals surface area contributed by atoms with Gasteiger partial charge in [0.15, 0.2) is 0 Å². The van der Waals surface area contributed by atoms with Gasteiger partial charge in [0.05, 0.1) is 17.5 Å². The first-order chi connectivity index (χ1) is 21.0. The molecule has 0 atom stereocenters. The summed E-state index contributed by atoms with van der Waals surface area (Å²) in [6.45, 7) is 2.12. The van der Waals surface area contributed by atoms with Crippen molar-refractivity contribution in [1.82, 2.24) is 14.9 Å². The summed E-state index contributed by atoms with van der Waals surface area (Å²) < 4.78 is 46.0. The summed E-state index contributed by atoms with van der Waals surface area (Å²) in [6, 6.07) is 21.9. The fraction of sp³-hybridized carbons (Fsp3) is 0.176. The predicted molar refractivity (Wildman–Crippen MR) is 170 cm³/mol. The highest BCUT2D eigenvalue weighted by Gasteiger charge is 2.28. The first kappa shape index (κ1) is 33.4. The van der Waals surface area contributed by atoms with Gasteiger partial charge in [-0.15, -0.1) is 12.8 Å². The number of terminal acetylenes is 1. The molecule has 0 aliphatic carbocycles. The third-order valence-corrected chi connectivity index (χ3v) is 8.05. The summed E-state index contributed by atoms with van der Waals surface area (Å²) in [5.41, 5.74) is 4.06. The van der Waals surface area contributed by atoms with Crippen molar-refractivity contribution in [3.05, 3.63) is 130 Å². The van der Waals surface area contributed by atoms with E-state index < -0.39 is 15.8 Å². The van der Waals surface area contributed by atoms with Crippen molar-refractivity contribution in [2.75, 3.05) is 20.4 Å². The Hall–Kier alpha value is -5.14. The quantitative estimate of drug-likeness (QED) is 0.327. The summed E-state index contributed by atoms with van der Waals surface area (Å²) in [4.78, 5) is 25.0. The van der Waals surface area contributed by atoms with E-state index in [-0.39, 0.29) is 24.0 Å². The van der Waals surface area contributed by atoms with Gasteiger partial charge in [-0.05, 0) is 60.0 Å². The number of halogens is 1. The Morgan fingerprint density at radius 3 is 2.14 bits per heavy atom. The lowest BCUT2D eigenvalue weighted by Gasteiger charge is -2.21. The van der Waals surface area contributed by atoms with Crippen LogP contribution in [0, 0.1) is 18.7 Å². The summed E-state index contributed by atoms with van der Waals surface area (Å²) >= 11 is 0. The van der Waals surface area contributed by atoms with Crippen molar-refractivity contribution in [3.8, 4) is 12.8 Å². The monoisotopic (exact) mass is 615 g/mol. The number of likely N-dealkylation sites (N-methyl/N-ethyl adjacent to an activating group) is 2. The molecule has 4 rings (SSSR count). The number of ether oxygens (including phenoxy) is 1. The third kappa shape index (κ3) is 8.24. The molecule has 0 spiro atoms. The smallest absolute Gasteiger partial charge is 0.251 e. The number of nitrogens with zero attached hydrogens (tertiary/aromatic N) is 1. The normalized spacial score (nSPS) is 14.1. The lowest BCUT2D eigenvalue weighted by Crippen LogP contribution is -2.25. The molecule has 0 unspecified atom stereocenters. The molecule has 2 amide bonds. The van der Waals surface area contributed by atoms with Crippen LogP contribution in [0.5, 0.6) is 0 Å². The highest BCUT2D eigenvalue weighted by Crippen LogP contribution is 2.37. The maximum atomic E-state index is 13.5. The van der Waals surface area contributed by atoms with Crippen LogP contribution in [-0.4, -0.2) is 44.9 Å². The second kappa shape index (κ2) is 14.8. The Labute approximate surface area is 258 Å². The molecule has 1 aliphatic heterocycles. The number of amides is 2. The molecule has 44 heavy (non-hydrogen) atoms. The van der Waals surface area contributed by atoms with Gasteiger partial charge in [-0.2, -0.15) is 0 Å². The molecule has 3 aromatic carbocycles. The van der Waals surface area contributed by atoms with Gasteiger partial charge in [0.25, 0.3) is 11.8 Å². The molecule has 1 heterocycles. The highest BCUT2D eigenvalue weighted by atomic mass is 32.2. The molecule has 0 saturated heterocycles. The number of hydrogen-bond donors (Lipinski definition) is 2. The van der Waals surface area contributed by atoms with Crippen molar-refractivity contribution in [2.24, 2.45) is 0 Å². The largest absolute Gasteiger partial charge is 0.460 e. The van der Waals surface area contributed by atoms with Gasteiger partial charge in [-0.1, -0.05) is 42.5 Å². The second-order valence-electron chi connectivity index (χ2n) is 9.77. The number of carbonyl (C=O) groups is 2. The lowest BCUT2D eigenvalue weighted by atomic mass is 10.0. The van der Waals surface area contributed by atoms with Crippen LogP contribution in [-0.2, 0) is 26.1 Å². The van der Waals surface area contributed by atoms with Crippen LogP contribution >= 0.6 is 0 Å². The third-order valence-electron chi connectivity index (χ3n) is 6.86. The van der Waals surface area contributed by atoms with E-state index in [2.05, 4.69) is 23.5 Å². The van der Waals surface area contributed by atoms with E-state index in [1.165, 1.54) is 38.4 Å². The number of nitrogens with one attached hydrogen (secondary N) is 2. The molecule has 2 N–H and O–H groups in total. The average molecular weight is 616 g/mol. The van der Waals surface area contributed by atoms with E-state index in [0.29, 0.717) is 40.3 Å². The Bertz CT molecular complexity index is 1720. The van der Waals surface area contributed by atoms with Gasteiger partial charge in [0.2, 0.25) is 10.0 Å². The van der Waals surface area contributed by atoms with E-state index in [1.807, 2.05) is 30.3 Å². The maximum absolute atomic E-state index is 13.5. The Morgan fingerprint density at radius 2 is 1.57 bits per heavy atom. The minimum absolute atomic E-state index is 0.112. The van der Waals surface area contributed by atoms with Gasteiger partial charge in [0.1, 0.15) is 17.3 Å². The zero-order chi connectivity index (χ0) is 32.4. The van der Waals surface area contributed by atoms with Crippen LogP contribution in [0.3, 0.4) is 0 Å². The Morgan fingerprint density at radius 1 is 0.955 bits per heavy atom. The number of carbonyl (C=O) groups excluding carboxylic acids is 2. The van der Waals surface area contributed by atoms with E-state index >= 15 is 0 Å². The fourth-order valence-electron chi connectivity index (χ4n) is 4.39. The maximum Gasteiger partial charge on any atom is 0.251 e. The zero-order valence-electron chi connectivity index (χ0n) is 24.9. The van der Waals surface area contributed by atoms with Crippen LogP contribution in [0.4, 0.5) is 4.39 Å². The number of rotatable bonds is 9. The SMILES string of the molecule is C#C.CNC(=O)C1=C(c2ccc(F)cc2)O/C(=C/C(=C(\C)c2ccc(CNC(=O)c3ccccc3)cc2)N(C)S(C)(=O)=O)C1. The minimum atomic E-state index is -3.66. The van der Waals surface area contributed by atoms with Gasteiger partial charge in [-0.25, -0.2) is 12.8 Å². The van der Waals surface area contributed by atoms with Gasteiger partial charge >= 0.3 is 0 Å². The van der Waals surface area contributed by atoms with Gasteiger partial charge < -0.3 is 15.4 Å². The van der Waals surface area contributed by atoms with Crippen molar-refractivity contribution >= 4 is 33.2 Å². The van der Waals surface area contributed by atoms with Crippen molar-refractivity contribution in [3.63, 3.8) is 0 Å². The van der Waals surface area contributed by atoms with Crippen molar-refractivity contribution in [2.45, 2.75) is 19.9 Å². The average Bonchev–Trinajstić information content (AvgIpc) is 3.47. The summed E-state index contributed by atoms with van der Waals surface area (Å²) in [7, 11) is -0.712. The first-order valence-electron chi connectivity index (χ1n) is 13.5. The van der Waals surface area contributed by atoms with E-state index in [4.69, 9.17) is 4.74 Å². The molecule has 0 fully saturated rings. The molecule has 1 aliphatic rings. The van der Waals surface area contributed by atoms with Crippen LogP contribution in [0.25, 0.3) is 11.3 Å². The lowest BCUT2D eigenvalue weighted by molar-refractivity contribution is -0.117. The van der Waals surface area contributed by atoms with E-state index in [0.717, 1.165) is 21.7 Å². The second-order valence-corrected chi connectivity index (χ2v) is 11.8. The highest BCUT2D eigenvalue weighted by molar-refractivity contribution is 7.88. The molecular weight excluding hydrogens is 581 g/mol. The molecule has 10 heteroatoms. The Kier molecular flexibility index (Phi) is 11.3. The molecule has 0 bridgehead atoms. The van der Waals surface area contributed by atoms with E-state index in [9.17, 15) is 22.4 Å². The van der Waals surface area contributed by atoms with Crippen molar-refractivity contribution < 1.29 is 27.1 Å². The Balaban J connectivity index is 0.00000259. The molecule has 0 radical (unpaired) electrons. The number of benzene rings is 3. The minimum Gasteiger partial charge on any atom is -0.460 e. The number of allylic oxidation sites excluding steroid dienone is 3. The molecule has 0 aromatic heterocycles. The number of sulfonamides is 1. The summed E-state index contributed by atoms with van der Waals surface area (Å²) in [6.07, 6.45) is 10.8. The summed E-state index contributed by atoms with van der Waals surface area (Å²) in [5.74, 6) is -0.318. The molecule has 3 aromatic rings. The fourth-order valence-corrected chi connectivity index (χ4v) is 4.94. The first-order valence-corrected chi connectivity index (χ1v) is 15.3. The summed E-state index contributed by atoms with van der Waals surface area (Å²) in [5, 5.41) is 5.49. The molecule has 0 saturated carbocycles. The zero-order valence-corrected chi connectivity index (χ0v) is 25.7. The van der Waals surface area contributed by atoms with Gasteiger partial charge in [-0.3, -0.25) is 13.9 Å².